The Balaban J connectivity index is 2.93. The van der Waals surface area contributed by atoms with Crippen LogP contribution in [-0.2, 0) is 19.7 Å². The smallest absolute Gasteiger partial charge is 0.374 e. The minimum atomic E-state index is -2.69. The number of aromatic nitrogens is 3. The summed E-state index contributed by atoms with van der Waals surface area (Å²) in [6.07, 6.45) is 1.44. The average molecular weight is 473 g/mol. The second kappa shape index (κ2) is 15.4. The maximum absolute atomic E-state index is 6.24. The molecule has 0 aromatic carbocycles. The van der Waals surface area contributed by atoms with Crippen LogP contribution >= 0.6 is 0 Å². The molecule has 0 spiro atoms. The van der Waals surface area contributed by atoms with Gasteiger partial charge in [0.25, 0.3) is 0 Å². The fourth-order valence-electron chi connectivity index (χ4n) is 2.99. The maximum Gasteiger partial charge on any atom is 0.500 e. The van der Waals surface area contributed by atoms with E-state index in [1.54, 1.807) is 5.01 Å². The van der Waals surface area contributed by atoms with Crippen molar-refractivity contribution in [3.8, 4) is 0 Å². The molecule has 0 saturated heterocycles. The normalized spacial score (nSPS) is 12.1. The van der Waals surface area contributed by atoms with E-state index >= 15 is 0 Å². The van der Waals surface area contributed by atoms with Gasteiger partial charge in [-0.05, 0) is 55.4 Å². The van der Waals surface area contributed by atoms with Crippen molar-refractivity contribution in [2.24, 2.45) is 5.84 Å². The zero-order valence-corrected chi connectivity index (χ0v) is 22.1. The number of rotatable bonds is 18. The lowest BCUT2D eigenvalue weighted by Crippen LogP contribution is -2.46. The summed E-state index contributed by atoms with van der Waals surface area (Å²) in [5.74, 6) is 7.93. The summed E-state index contributed by atoms with van der Waals surface area (Å²) in [6.45, 7) is 10.6. The first kappa shape index (κ1) is 28.6. The van der Waals surface area contributed by atoms with Crippen LogP contribution in [0.5, 0.6) is 0 Å². The molecule has 1 heterocycles. The summed E-state index contributed by atoms with van der Waals surface area (Å²) in [5, 5.41) is 4.85. The minimum Gasteiger partial charge on any atom is -0.374 e. The molecular formula is C20H44N8O3Si. The molecule has 0 amide bonds. The molecule has 0 bridgehead atoms. The van der Waals surface area contributed by atoms with Crippen molar-refractivity contribution in [1.82, 2.24) is 24.8 Å². The zero-order valence-electron chi connectivity index (χ0n) is 21.1. The highest BCUT2D eigenvalue weighted by atomic mass is 28.4. The number of nitrogens with two attached hydrogens (primary N) is 1. The van der Waals surface area contributed by atoms with Gasteiger partial charge in [0.15, 0.2) is 0 Å². The predicted molar refractivity (Wildman–Crippen MR) is 131 cm³/mol. The number of nitrogens with one attached hydrogen (secondary N) is 1. The number of nitrogens with zero attached hydrogens (tertiary/aromatic N) is 6. The van der Waals surface area contributed by atoms with E-state index in [1.165, 1.54) is 0 Å². The Bertz CT molecular complexity index is 622. The van der Waals surface area contributed by atoms with Gasteiger partial charge in [-0.25, -0.2) is 5.84 Å². The summed E-state index contributed by atoms with van der Waals surface area (Å²) in [5.41, 5.74) is 0. The highest BCUT2D eigenvalue weighted by molar-refractivity contribution is 6.60. The molecule has 0 radical (unpaired) electrons. The van der Waals surface area contributed by atoms with Crippen molar-refractivity contribution in [2.75, 3.05) is 84.5 Å². The fraction of sp³-hybridized carbons (Fsp3) is 0.850. The molecule has 12 heteroatoms. The van der Waals surface area contributed by atoms with E-state index in [4.69, 9.17) is 19.1 Å². The Morgan fingerprint density at radius 2 is 1.44 bits per heavy atom. The molecule has 0 unspecified atom stereocenters. The van der Waals surface area contributed by atoms with Crippen molar-refractivity contribution in [2.45, 2.75) is 39.7 Å². The van der Waals surface area contributed by atoms with Crippen molar-refractivity contribution >= 4 is 20.7 Å². The van der Waals surface area contributed by atoms with Gasteiger partial charge < -0.3 is 28.4 Å². The molecule has 1 aromatic rings. The summed E-state index contributed by atoms with van der Waals surface area (Å²) < 4.78 is 17.9. The van der Waals surface area contributed by atoms with Crippen LogP contribution in [0, 0.1) is 0 Å². The third-order valence-corrected chi connectivity index (χ3v) is 7.68. The monoisotopic (exact) mass is 472 g/mol. The summed E-state index contributed by atoms with van der Waals surface area (Å²) in [6, 6.07) is 0.708. The quantitative estimate of drug-likeness (QED) is 0.182. The molecule has 0 aliphatic heterocycles. The standard InChI is InChI=1S/C20H44N8O3Si/c1-8-29-32(30-9-2,31-10-3)17-11-12-18-23-19(22-13-14-26(4)5)25-20(24-18)28(21)16-15-27(6)7/h8-17,21H2,1-7H3,(H,22,23,24,25). The molecule has 32 heavy (non-hydrogen) atoms. The van der Waals surface area contributed by atoms with Gasteiger partial charge in [0.2, 0.25) is 11.9 Å². The van der Waals surface area contributed by atoms with Crippen LogP contribution in [0.25, 0.3) is 0 Å². The molecule has 0 saturated carbocycles. The summed E-state index contributed by atoms with van der Waals surface area (Å²) in [4.78, 5) is 17.9. The van der Waals surface area contributed by atoms with Crippen LogP contribution in [0.15, 0.2) is 0 Å². The Morgan fingerprint density at radius 3 is 1.97 bits per heavy atom. The Kier molecular flexibility index (Phi) is 13.8. The van der Waals surface area contributed by atoms with E-state index < -0.39 is 8.80 Å². The number of hydrogen-bond acceptors (Lipinski definition) is 11. The van der Waals surface area contributed by atoms with Gasteiger partial charge in [-0.15, -0.1) is 0 Å². The van der Waals surface area contributed by atoms with Crippen LogP contribution in [0.1, 0.15) is 33.0 Å². The molecule has 0 aliphatic rings. The lowest BCUT2D eigenvalue weighted by Gasteiger charge is -2.28. The number of anilines is 2. The molecule has 1 rings (SSSR count). The van der Waals surface area contributed by atoms with Gasteiger partial charge in [0.1, 0.15) is 5.82 Å². The summed E-state index contributed by atoms with van der Waals surface area (Å²) in [7, 11) is 5.38. The SMILES string of the molecule is CCO[Si](CCCc1nc(NCCN(C)C)nc(N(N)CCN(C)C)n1)(OCC)OCC. The number of hydrazine groups is 1. The van der Waals surface area contributed by atoms with Crippen molar-refractivity contribution in [3.63, 3.8) is 0 Å². The molecule has 11 nitrogen and oxygen atoms in total. The van der Waals surface area contributed by atoms with E-state index in [0.717, 1.165) is 26.1 Å². The van der Waals surface area contributed by atoms with E-state index in [2.05, 4.69) is 30.1 Å². The van der Waals surface area contributed by atoms with E-state index in [0.29, 0.717) is 56.6 Å². The van der Waals surface area contributed by atoms with Gasteiger partial charge in [0, 0.05) is 58.5 Å². The first-order valence-corrected chi connectivity index (χ1v) is 13.4. The van der Waals surface area contributed by atoms with Gasteiger partial charge in [0.05, 0.1) is 0 Å². The number of hydrogen-bond donors (Lipinski definition) is 2. The number of likely N-dealkylation sites (N-methyl/N-ethyl adjacent to an activating group) is 2. The second-order valence-electron chi connectivity index (χ2n) is 7.94. The van der Waals surface area contributed by atoms with Gasteiger partial charge in [-0.3, -0.25) is 5.01 Å². The van der Waals surface area contributed by atoms with Crippen LogP contribution in [0.2, 0.25) is 6.04 Å². The van der Waals surface area contributed by atoms with Crippen molar-refractivity contribution in [3.05, 3.63) is 5.82 Å². The predicted octanol–water partition coefficient (Wildman–Crippen LogP) is 1.07. The van der Waals surface area contributed by atoms with Gasteiger partial charge in [-0.2, -0.15) is 15.0 Å². The Labute approximate surface area is 195 Å². The zero-order chi connectivity index (χ0) is 24.0. The molecule has 0 fully saturated rings. The lowest BCUT2D eigenvalue weighted by atomic mass is 10.3. The van der Waals surface area contributed by atoms with E-state index in [1.807, 2.05) is 49.0 Å². The van der Waals surface area contributed by atoms with Crippen molar-refractivity contribution in [1.29, 1.82) is 0 Å². The van der Waals surface area contributed by atoms with Crippen LogP contribution < -0.4 is 16.2 Å². The molecular weight excluding hydrogens is 428 g/mol. The first-order chi connectivity index (χ1) is 15.2. The highest BCUT2D eigenvalue weighted by Gasteiger charge is 2.39. The van der Waals surface area contributed by atoms with Gasteiger partial charge >= 0.3 is 8.80 Å². The largest absolute Gasteiger partial charge is 0.500 e. The van der Waals surface area contributed by atoms with Crippen LogP contribution in [-0.4, -0.2) is 108 Å². The Morgan fingerprint density at radius 1 is 0.844 bits per heavy atom. The molecule has 3 N–H and O–H groups in total. The molecule has 0 aliphatic carbocycles. The highest BCUT2D eigenvalue weighted by Crippen LogP contribution is 2.20. The van der Waals surface area contributed by atoms with Crippen LogP contribution in [0.4, 0.5) is 11.9 Å². The molecule has 0 atom stereocenters. The average Bonchev–Trinajstić information content (AvgIpc) is 2.72. The van der Waals surface area contributed by atoms with Crippen molar-refractivity contribution < 1.29 is 13.3 Å². The molecule has 1 aromatic heterocycles. The third-order valence-electron chi connectivity index (χ3n) is 4.53. The topological polar surface area (TPSA) is 114 Å². The minimum absolute atomic E-state index is 0.465. The fourth-order valence-corrected chi connectivity index (χ4v) is 5.60. The van der Waals surface area contributed by atoms with E-state index in [-0.39, 0.29) is 0 Å². The van der Waals surface area contributed by atoms with E-state index in [9.17, 15) is 0 Å². The van der Waals surface area contributed by atoms with Gasteiger partial charge in [-0.1, -0.05) is 0 Å². The van der Waals surface area contributed by atoms with Crippen LogP contribution in [0.3, 0.4) is 0 Å². The second-order valence-corrected chi connectivity index (χ2v) is 10.7. The maximum atomic E-state index is 6.24. The third kappa shape index (κ3) is 10.9. The molecule has 186 valence electrons. The Hall–Kier alpha value is -1.41. The first-order valence-electron chi connectivity index (χ1n) is 11.5. The number of aryl methyl sites for hydroxylation is 1. The lowest BCUT2D eigenvalue weighted by molar-refractivity contribution is 0.0708. The summed E-state index contributed by atoms with van der Waals surface area (Å²) >= 11 is 0.